The maximum absolute atomic E-state index is 11.6. The van der Waals surface area contributed by atoms with E-state index in [1.165, 1.54) is 25.7 Å². The summed E-state index contributed by atoms with van der Waals surface area (Å²) in [6, 6.07) is 0. The van der Waals surface area contributed by atoms with Gasteiger partial charge in [0.05, 0.1) is 6.10 Å². The zero-order chi connectivity index (χ0) is 12.0. The van der Waals surface area contributed by atoms with Gasteiger partial charge in [-0.15, -0.1) is 0 Å². The van der Waals surface area contributed by atoms with Crippen molar-refractivity contribution in [2.24, 2.45) is 11.8 Å². The van der Waals surface area contributed by atoms with Crippen LogP contribution in [0, 0.1) is 11.8 Å². The second-order valence-electron chi connectivity index (χ2n) is 5.35. The van der Waals surface area contributed by atoms with E-state index in [9.17, 15) is 9.90 Å². The number of aliphatic hydroxyl groups excluding tert-OH is 1. The summed E-state index contributed by atoms with van der Waals surface area (Å²) in [7, 11) is 0. The van der Waals surface area contributed by atoms with E-state index in [1.807, 2.05) is 0 Å². The molecule has 0 saturated heterocycles. The fraction of sp³-hybridized carbons (Fsp3) is 0.923. The molecular weight excluding hydrogens is 202 g/mol. The predicted octanol–water partition coefficient (Wildman–Crippen LogP) is 2.09. The van der Waals surface area contributed by atoms with Gasteiger partial charge in [0.15, 0.2) is 0 Å². The summed E-state index contributed by atoms with van der Waals surface area (Å²) < 4.78 is 0. The maximum Gasteiger partial charge on any atom is 0.220 e. The van der Waals surface area contributed by atoms with Gasteiger partial charge in [0.25, 0.3) is 0 Å². The molecule has 0 heterocycles. The third-order valence-electron chi connectivity index (χ3n) is 3.34. The first-order valence-electron chi connectivity index (χ1n) is 6.52. The SMILES string of the molecule is CC(O)CC(C)CNC(=O)CC1CCCC1. The fourth-order valence-electron chi connectivity index (χ4n) is 2.50. The first kappa shape index (κ1) is 13.5. The predicted molar refractivity (Wildman–Crippen MR) is 65.0 cm³/mol. The molecule has 1 aliphatic rings. The molecule has 0 aromatic heterocycles. The summed E-state index contributed by atoms with van der Waals surface area (Å²) in [6.07, 6.45) is 6.19. The van der Waals surface area contributed by atoms with Gasteiger partial charge in [-0.1, -0.05) is 19.8 Å². The average molecular weight is 227 g/mol. The van der Waals surface area contributed by atoms with E-state index in [2.05, 4.69) is 12.2 Å². The van der Waals surface area contributed by atoms with Crippen LogP contribution in [0.4, 0.5) is 0 Å². The van der Waals surface area contributed by atoms with Crippen molar-refractivity contribution < 1.29 is 9.90 Å². The molecule has 1 rings (SSSR count). The monoisotopic (exact) mass is 227 g/mol. The number of hydrogen-bond acceptors (Lipinski definition) is 2. The van der Waals surface area contributed by atoms with Crippen LogP contribution < -0.4 is 5.32 Å². The van der Waals surface area contributed by atoms with Gasteiger partial charge in [-0.3, -0.25) is 4.79 Å². The summed E-state index contributed by atoms with van der Waals surface area (Å²) in [4.78, 5) is 11.6. The highest BCUT2D eigenvalue weighted by Gasteiger charge is 2.18. The minimum absolute atomic E-state index is 0.185. The zero-order valence-corrected chi connectivity index (χ0v) is 10.5. The number of aliphatic hydroxyl groups is 1. The molecule has 1 saturated carbocycles. The summed E-state index contributed by atoms with van der Waals surface area (Å²) in [5.74, 6) is 1.16. The van der Waals surface area contributed by atoms with Crippen LogP contribution in [0.25, 0.3) is 0 Å². The minimum Gasteiger partial charge on any atom is -0.393 e. The van der Waals surface area contributed by atoms with E-state index in [1.54, 1.807) is 6.92 Å². The molecule has 0 spiro atoms. The van der Waals surface area contributed by atoms with Crippen LogP contribution in [0.5, 0.6) is 0 Å². The molecule has 0 aromatic carbocycles. The Morgan fingerprint density at radius 2 is 2.00 bits per heavy atom. The van der Waals surface area contributed by atoms with Crippen molar-refractivity contribution in [1.82, 2.24) is 5.32 Å². The number of amides is 1. The van der Waals surface area contributed by atoms with E-state index >= 15 is 0 Å². The van der Waals surface area contributed by atoms with Crippen LogP contribution in [0.1, 0.15) is 52.4 Å². The van der Waals surface area contributed by atoms with E-state index < -0.39 is 0 Å². The first-order valence-corrected chi connectivity index (χ1v) is 6.52. The second-order valence-corrected chi connectivity index (χ2v) is 5.35. The van der Waals surface area contributed by atoms with E-state index in [0.29, 0.717) is 24.8 Å². The standard InChI is InChI=1S/C13H25NO2/c1-10(7-11(2)15)9-14-13(16)8-12-5-3-4-6-12/h10-12,15H,3-9H2,1-2H3,(H,14,16). The third kappa shape index (κ3) is 5.50. The normalized spacial score (nSPS) is 20.7. The summed E-state index contributed by atoms with van der Waals surface area (Å²) in [5, 5.41) is 12.2. The van der Waals surface area contributed by atoms with Gasteiger partial charge in [-0.05, 0) is 38.0 Å². The highest BCUT2D eigenvalue weighted by molar-refractivity contribution is 5.76. The van der Waals surface area contributed by atoms with Crippen molar-refractivity contribution in [3.8, 4) is 0 Å². The fourth-order valence-corrected chi connectivity index (χ4v) is 2.50. The third-order valence-corrected chi connectivity index (χ3v) is 3.34. The van der Waals surface area contributed by atoms with E-state index in [0.717, 1.165) is 6.42 Å². The molecule has 0 radical (unpaired) electrons. The Hall–Kier alpha value is -0.570. The van der Waals surface area contributed by atoms with Crippen LogP contribution in [0.15, 0.2) is 0 Å². The smallest absolute Gasteiger partial charge is 0.220 e. The average Bonchev–Trinajstić information content (AvgIpc) is 2.66. The lowest BCUT2D eigenvalue weighted by molar-refractivity contribution is -0.122. The van der Waals surface area contributed by atoms with Gasteiger partial charge >= 0.3 is 0 Å². The Kier molecular flexibility index (Phi) is 5.81. The molecule has 0 aliphatic heterocycles. The van der Waals surface area contributed by atoms with Crippen molar-refractivity contribution >= 4 is 5.91 Å². The van der Waals surface area contributed by atoms with Gasteiger partial charge < -0.3 is 10.4 Å². The van der Waals surface area contributed by atoms with E-state index in [4.69, 9.17) is 0 Å². The first-order chi connectivity index (χ1) is 7.58. The van der Waals surface area contributed by atoms with Crippen LogP contribution in [0.2, 0.25) is 0 Å². The summed E-state index contributed by atoms with van der Waals surface area (Å²) in [6.45, 7) is 4.54. The van der Waals surface area contributed by atoms with Crippen LogP contribution in [-0.2, 0) is 4.79 Å². The molecule has 2 N–H and O–H groups in total. The lowest BCUT2D eigenvalue weighted by atomic mass is 10.0. The lowest BCUT2D eigenvalue weighted by Gasteiger charge is -2.15. The van der Waals surface area contributed by atoms with Gasteiger partial charge in [-0.2, -0.15) is 0 Å². The number of carbonyl (C=O) groups is 1. The quantitative estimate of drug-likeness (QED) is 0.730. The molecule has 2 atom stereocenters. The van der Waals surface area contributed by atoms with Crippen molar-refractivity contribution in [3.63, 3.8) is 0 Å². The molecule has 0 aromatic rings. The zero-order valence-electron chi connectivity index (χ0n) is 10.5. The second kappa shape index (κ2) is 6.89. The topological polar surface area (TPSA) is 49.3 Å². The molecule has 16 heavy (non-hydrogen) atoms. The molecule has 3 heteroatoms. The van der Waals surface area contributed by atoms with Gasteiger partial charge in [-0.25, -0.2) is 0 Å². The van der Waals surface area contributed by atoms with Gasteiger partial charge in [0, 0.05) is 13.0 Å². The van der Waals surface area contributed by atoms with Crippen molar-refractivity contribution in [2.45, 2.75) is 58.5 Å². The highest BCUT2D eigenvalue weighted by Crippen LogP contribution is 2.27. The molecule has 1 fully saturated rings. The summed E-state index contributed by atoms with van der Waals surface area (Å²) >= 11 is 0. The van der Waals surface area contributed by atoms with Gasteiger partial charge in [0.2, 0.25) is 5.91 Å². The number of rotatable bonds is 6. The van der Waals surface area contributed by atoms with E-state index in [-0.39, 0.29) is 12.0 Å². The molecule has 1 aliphatic carbocycles. The Labute approximate surface area is 98.6 Å². The Bertz CT molecular complexity index is 210. The van der Waals surface area contributed by atoms with Crippen molar-refractivity contribution in [2.75, 3.05) is 6.54 Å². The van der Waals surface area contributed by atoms with Crippen LogP contribution in [0.3, 0.4) is 0 Å². The summed E-state index contributed by atoms with van der Waals surface area (Å²) in [5.41, 5.74) is 0. The largest absolute Gasteiger partial charge is 0.393 e. The maximum atomic E-state index is 11.6. The van der Waals surface area contributed by atoms with Crippen LogP contribution in [-0.4, -0.2) is 23.7 Å². The molecule has 1 amide bonds. The van der Waals surface area contributed by atoms with Crippen LogP contribution >= 0.6 is 0 Å². The number of nitrogens with one attached hydrogen (secondary N) is 1. The van der Waals surface area contributed by atoms with Crippen molar-refractivity contribution in [1.29, 1.82) is 0 Å². The highest BCUT2D eigenvalue weighted by atomic mass is 16.3. The molecule has 3 nitrogen and oxygen atoms in total. The van der Waals surface area contributed by atoms with Crippen molar-refractivity contribution in [3.05, 3.63) is 0 Å². The molecule has 2 unspecified atom stereocenters. The molecular formula is C13H25NO2. The Balaban J connectivity index is 2.09. The minimum atomic E-state index is -0.276. The molecule has 0 bridgehead atoms. The Morgan fingerprint density at radius 1 is 1.38 bits per heavy atom. The Morgan fingerprint density at radius 3 is 2.56 bits per heavy atom. The number of carbonyl (C=O) groups excluding carboxylic acids is 1. The lowest BCUT2D eigenvalue weighted by Crippen LogP contribution is -2.30. The molecule has 94 valence electrons. The van der Waals surface area contributed by atoms with Gasteiger partial charge in [0.1, 0.15) is 0 Å². The number of hydrogen-bond donors (Lipinski definition) is 2.